The first kappa shape index (κ1) is 16.0. The Labute approximate surface area is 118 Å². The average molecular weight is 263 g/mol. The minimum absolute atomic E-state index is 0.489. The Kier molecular flexibility index (Phi) is 6.29. The molecule has 0 aliphatic rings. The van der Waals surface area contributed by atoms with E-state index in [1.54, 1.807) is 0 Å². The van der Waals surface area contributed by atoms with Crippen LogP contribution in [0.25, 0.3) is 0 Å². The molecule has 0 atom stereocenters. The smallest absolute Gasteiger partial charge is 0.0450 e. The van der Waals surface area contributed by atoms with Crippen molar-refractivity contribution in [2.24, 2.45) is 5.73 Å². The quantitative estimate of drug-likeness (QED) is 0.765. The van der Waals surface area contributed by atoms with Crippen LogP contribution in [0.15, 0.2) is 6.07 Å². The molecule has 108 valence electrons. The molecule has 3 heteroatoms. The predicted octanol–water partition coefficient (Wildman–Crippen LogP) is 3.56. The van der Waals surface area contributed by atoms with Gasteiger partial charge in [-0.3, -0.25) is 4.98 Å². The van der Waals surface area contributed by atoms with E-state index in [0.29, 0.717) is 12.6 Å². The molecule has 19 heavy (non-hydrogen) atoms. The van der Waals surface area contributed by atoms with Gasteiger partial charge in [0.1, 0.15) is 0 Å². The van der Waals surface area contributed by atoms with Crippen molar-refractivity contribution in [2.45, 2.75) is 66.5 Å². The molecule has 3 nitrogen and oxygen atoms in total. The van der Waals surface area contributed by atoms with Crippen LogP contribution in [0.4, 0.5) is 5.69 Å². The maximum absolute atomic E-state index is 5.93. The molecule has 0 amide bonds. The fraction of sp³-hybridized carbons (Fsp3) is 0.688. The van der Waals surface area contributed by atoms with E-state index in [2.05, 4.69) is 50.6 Å². The van der Waals surface area contributed by atoms with E-state index in [9.17, 15) is 0 Å². The Hall–Kier alpha value is -1.09. The molecule has 0 saturated heterocycles. The highest BCUT2D eigenvalue weighted by Crippen LogP contribution is 2.26. The molecule has 1 aromatic rings. The fourth-order valence-electron chi connectivity index (χ4n) is 2.53. The van der Waals surface area contributed by atoms with Gasteiger partial charge in [-0.15, -0.1) is 0 Å². The summed E-state index contributed by atoms with van der Waals surface area (Å²) in [4.78, 5) is 7.01. The molecule has 0 spiro atoms. The van der Waals surface area contributed by atoms with E-state index in [1.807, 2.05) is 0 Å². The van der Waals surface area contributed by atoms with Crippen molar-refractivity contribution < 1.29 is 0 Å². The highest BCUT2D eigenvalue weighted by Gasteiger charge is 2.16. The molecular formula is C16H29N3. The number of aromatic nitrogens is 1. The van der Waals surface area contributed by atoms with Crippen molar-refractivity contribution in [1.82, 2.24) is 4.98 Å². The molecule has 0 aromatic carbocycles. The number of pyridine rings is 1. The second kappa shape index (κ2) is 7.49. The zero-order chi connectivity index (χ0) is 14.4. The fourth-order valence-corrected chi connectivity index (χ4v) is 2.53. The van der Waals surface area contributed by atoms with E-state index >= 15 is 0 Å². The summed E-state index contributed by atoms with van der Waals surface area (Å²) in [7, 11) is 0. The lowest BCUT2D eigenvalue weighted by molar-refractivity contribution is 0.622. The summed E-state index contributed by atoms with van der Waals surface area (Å²) >= 11 is 0. The third kappa shape index (κ3) is 4.20. The van der Waals surface area contributed by atoms with Gasteiger partial charge in [-0.2, -0.15) is 0 Å². The van der Waals surface area contributed by atoms with Gasteiger partial charge in [0.25, 0.3) is 0 Å². The molecule has 1 aromatic heterocycles. The largest absolute Gasteiger partial charge is 0.369 e. The van der Waals surface area contributed by atoms with Crippen molar-refractivity contribution >= 4 is 5.69 Å². The van der Waals surface area contributed by atoms with Crippen molar-refractivity contribution in [3.05, 3.63) is 23.0 Å². The van der Waals surface area contributed by atoms with Gasteiger partial charge in [-0.05, 0) is 40.2 Å². The van der Waals surface area contributed by atoms with Crippen LogP contribution < -0.4 is 10.6 Å². The number of rotatable bonds is 7. The van der Waals surface area contributed by atoms with Gasteiger partial charge in [-0.1, -0.05) is 19.8 Å². The molecule has 0 aliphatic carbocycles. The number of nitrogens with two attached hydrogens (primary N) is 1. The zero-order valence-corrected chi connectivity index (χ0v) is 13.2. The van der Waals surface area contributed by atoms with Gasteiger partial charge in [0.2, 0.25) is 0 Å². The van der Waals surface area contributed by atoms with E-state index in [4.69, 9.17) is 5.73 Å². The lowest BCUT2D eigenvalue weighted by atomic mass is 10.1. The SMILES string of the molecule is CCCCCN(c1cc(C)nc(C)c1CN)C(C)C. The van der Waals surface area contributed by atoms with Gasteiger partial charge in [0.15, 0.2) is 0 Å². The molecule has 1 heterocycles. The molecule has 0 fully saturated rings. The third-order valence-electron chi connectivity index (χ3n) is 3.58. The highest BCUT2D eigenvalue weighted by atomic mass is 15.2. The Morgan fingerprint density at radius 1 is 1.26 bits per heavy atom. The van der Waals surface area contributed by atoms with E-state index in [-0.39, 0.29) is 0 Å². The number of hydrogen-bond acceptors (Lipinski definition) is 3. The standard InChI is InChI=1S/C16H29N3/c1-6-7-8-9-19(12(2)3)16-10-13(4)18-14(5)15(16)11-17/h10,12H,6-9,11,17H2,1-5H3. The van der Waals surface area contributed by atoms with Crippen LogP contribution in [-0.2, 0) is 6.54 Å². The van der Waals surface area contributed by atoms with Crippen LogP contribution in [0.1, 0.15) is 57.0 Å². The van der Waals surface area contributed by atoms with E-state index < -0.39 is 0 Å². The van der Waals surface area contributed by atoms with Crippen LogP contribution in [0.2, 0.25) is 0 Å². The first-order valence-corrected chi connectivity index (χ1v) is 7.45. The maximum atomic E-state index is 5.93. The van der Waals surface area contributed by atoms with E-state index in [1.165, 1.54) is 30.5 Å². The molecule has 1 rings (SSSR count). The minimum Gasteiger partial charge on any atom is -0.369 e. The molecule has 0 radical (unpaired) electrons. The third-order valence-corrected chi connectivity index (χ3v) is 3.58. The lowest BCUT2D eigenvalue weighted by Gasteiger charge is -2.31. The molecule has 0 unspecified atom stereocenters. The van der Waals surface area contributed by atoms with Crippen LogP contribution in [-0.4, -0.2) is 17.6 Å². The number of anilines is 1. The normalized spacial score (nSPS) is 11.1. The van der Waals surface area contributed by atoms with Crippen molar-refractivity contribution in [3.8, 4) is 0 Å². The summed E-state index contributed by atoms with van der Waals surface area (Å²) in [5.74, 6) is 0. The highest BCUT2D eigenvalue weighted by molar-refractivity contribution is 5.56. The summed E-state index contributed by atoms with van der Waals surface area (Å²) < 4.78 is 0. The first-order chi connectivity index (χ1) is 9.01. The molecule has 0 aliphatic heterocycles. The minimum atomic E-state index is 0.489. The summed E-state index contributed by atoms with van der Waals surface area (Å²) in [6, 6.07) is 2.67. The number of hydrogen-bond donors (Lipinski definition) is 1. The van der Waals surface area contributed by atoms with E-state index in [0.717, 1.165) is 17.9 Å². The van der Waals surface area contributed by atoms with Crippen LogP contribution in [0, 0.1) is 13.8 Å². The number of unbranched alkanes of at least 4 members (excludes halogenated alkanes) is 2. The Morgan fingerprint density at radius 2 is 1.95 bits per heavy atom. The topological polar surface area (TPSA) is 42.2 Å². The van der Waals surface area contributed by atoms with Crippen LogP contribution in [0.5, 0.6) is 0 Å². The Morgan fingerprint density at radius 3 is 2.47 bits per heavy atom. The lowest BCUT2D eigenvalue weighted by Crippen LogP contribution is -2.33. The summed E-state index contributed by atoms with van der Waals surface area (Å²) in [5.41, 5.74) is 10.5. The van der Waals surface area contributed by atoms with Crippen molar-refractivity contribution in [3.63, 3.8) is 0 Å². The summed E-state index contributed by atoms with van der Waals surface area (Å²) in [5, 5.41) is 0. The first-order valence-electron chi connectivity index (χ1n) is 7.45. The Balaban J connectivity index is 3.07. The maximum Gasteiger partial charge on any atom is 0.0450 e. The van der Waals surface area contributed by atoms with Crippen LogP contribution >= 0.6 is 0 Å². The Bertz CT molecular complexity index is 399. The van der Waals surface area contributed by atoms with Crippen molar-refractivity contribution in [2.75, 3.05) is 11.4 Å². The molecular weight excluding hydrogens is 234 g/mol. The molecule has 0 saturated carbocycles. The van der Waals surface area contributed by atoms with Crippen molar-refractivity contribution in [1.29, 1.82) is 0 Å². The molecule has 0 bridgehead atoms. The van der Waals surface area contributed by atoms with Gasteiger partial charge in [-0.25, -0.2) is 0 Å². The van der Waals surface area contributed by atoms with Gasteiger partial charge in [0.05, 0.1) is 0 Å². The average Bonchev–Trinajstić information content (AvgIpc) is 2.33. The monoisotopic (exact) mass is 263 g/mol. The predicted molar refractivity (Wildman–Crippen MR) is 83.6 cm³/mol. The van der Waals surface area contributed by atoms with Gasteiger partial charge in [0, 0.05) is 41.8 Å². The van der Waals surface area contributed by atoms with Gasteiger partial charge >= 0.3 is 0 Å². The second-order valence-corrected chi connectivity index (χ2v) is 5.55. The van der Waals surface area contributed by atoms with Crippen LogP contribution in [0.3, 0.4) is 0 Å². The summed E-state index contributed by atoms with van der Waals surface area (Å²) in [6.07, 6.45) is 3.77. The van der Waals surface area contributed by atoms with Gasteiger partial charge < -0.3 is 10.6 Å². The second-order valence-electron chi connectivity index (χ2n) is 5.55. The molecule has 2 N–H and O–H groups in total. The number of nitrogens with zero attached hydrogens (tertiary/aromatic N) is 2. The zero-order valence-electron chi connectivity index (χ0n) is 13.2. The number of aryl methyl sites for hydroxylation is 2. The summed E-state index contributed by atoms with van der Waals surface area (Å²) in [6.45, 7) is 12.5.